The fourth-order valence-corrected chi connectivity index (χ4v) is 1.27. The average Bonchev–Trinajstić information content (AvgIpc) is 2.33. The smallest absolute Gasteiger partial charge is 0.277 e. The minimum Gasteiger partial charge on any atom is -0.382 e. The molecular weight excluding hydrogens is 242 g/mol. The van der Waals surface area contributed by atoms with Crippen molar-refractivity contribution in [1.82, 2.24) is 15.0 Å². The molecule has 0 aromatic carbocycles. The monoisotopic (exact) mass is 249 g/mol. The van der Waals surface area contributed by atoms with Crippen LogP contribution in [0.4, 0.5) is 11.6 Å². The maximum absolute atomic E-state index is 11.7. The van der Waals surface area contributed by atoms with Crippen molar-refractivity contribution in [2.75, 3.05) is 11.1 Å². The Morgan fingerprint density at radius 3 is 2.76 bits per heavy atom. The lowest BCUT2D eigenvalue weighted by atomic mass is 10.4. The van der Waals surface area contributed by atoms with E-state index in [2.05, 4.69) is 20.3 Å². The van der Waals surface area contributed by atoms with Crippen molar-refractivity contribution in [3.63, 3.8) is 0 Å². The van der Waals surface area contributed by atoms with Gasteiger partial charge in [-0.1, -0.05) is 11.6 Å². The maximum atomic E-state index is 11.7. The van der Waals surface area contributed by atoms with Crippen molar-refractivity contribution >= 4 is 29.1 Å². The lowest BCUT2D eigenvalue weighted by molar-refractivity contribution is 0.102. The Labute approximate surface area is 102 Å². The summed E-state index contributed by atoms with van der Waals surface area (Å²) >= 11 is 5.85. The van der Waals surface area contributed by atoms with E-state index < -0.39 is 5.91 Å². The van der Waals surface area contributed by atoms with Crippen LogP contribution in [0.25, 0.3) is 0 Å². The molecule has 1 amide bonds. The van der Waals surface area contributed by atoms with Gasteiger partial charge in [0.2, 0.25) is 0 Å². The number of anilines is 2. The van der Waals surface area contributed by atoms with E-state index in [0.717, 1.165) is 0 Å². The number of nitrogens with one attached hydrogen (secondary N) is 1. The van der Waals surface area contributed by atoms with Crippen molar-refractivity contribution in [2.24, 2.45) is 0 Å². The molecule has 6 nitrogen and oxygen atoms in total. The number of nitrogens with zero attached hydrogens (tertiary/aromatic N) is 3. The van der Waals surface area contributed by atoms with E-state index in [1.165, 1.54) is 18.6 Å². The number of carbonyl (C=O) groups is 1. The molecule has 0 aliphatic carbocycles. The zero-order valence-corrected chi connectivity index (χ0v) is 9.35. The van der Waals surface area contributed by atoms with Crippen LogP contribution >= 0.6 is 11.6 Å². The molecule has 3 N–H and O–H groups in total. The zero-order chi connectivity index (χ0) is 12.3. The fourth-order valence-electron chi connectivity index (χ4n) is 1.10. The number of amides is 1. The molecule has 2 aromatic rings. The van der Waals surface area contributed by atoms with Gasteiger partial charge in [-0.25, -0.2) is 15.0 Å². The highest BCUT2D eigenvalue weighted by Gasteiger charge is 2.10. The highest BCUT2D eigenvalue weighted by atomic mass is 35.5. The summed E-state index contributed by atoms with van der Waals surface area (Å²) < 4.78 is 0. The Morgan fingerprint density at radius 1 is 1.29 bits per heavy atom. The van der Waals surface area contributed by atoms with Crippen LogP contribution in [0.15, 0.2) is 30.7 Å². The molecule has 17 heavy (non-hydrogen) atoms. The van der Waals surface area contributed by atoms with Gasteiger partial charge in [0.1, 0.15) is 11.5 Å². The third kappa shape index (κ3) is 2.67. The first kappa shape index (κ1) is 11.3. The second-order valence-corrected chi connectivity index (χ2v) is 3.52. The van der Waals surface area contributed by atoms with Gasteiger partial charge < -0.3 is 11.1 Å². The molecule has 0 aliphatic heterocycles. The molecule has 7 heteroatoms. The SMILES string of the molecule is Nc1cnc(C(=O)Nc2ncccc2Cl)cn1. The van der Waals surface area contributed by atoms with Crippen LogP contribution < -0.4 is 11.1 Å². The Balaban J connectivity index is 2.17. The van der Waals surface area contributed by atoms with Crippen molar-refractivity contribution in [2.45, 2.75) is 0 Å². The van der Waals surface area contributed by atoms with Gasteiger partial charge >= 0.3 is 0 Å². The summed E-state index contributed by atoms with van der Waals surface area (Å²) in [6.45, 7) is 0. The number of hydrogen-bond donors (Lipinski definition) is 2. The minimum absolute atomic E-state index is 0.140. The van der Waals surface area contributed by atoms with Gasteiger partial charge in [0, 0.05) is 6.20 Å². The molecule has 0 atom stereocenters. The van der Waals surface area contributed by atoms with Crippen LogP contribution in [-0.4, -0.2) is 20.9 Å². The van der Waals surface area contributed by atoms with Crippen LogP contribution in [-0.2, 0) is 0 Å². The Morgan fingerprint density at radius 2 is 2.12 bits per heavy atom. The number of hydrogen-bond acceptors (Lipinski definition) is 5. The molecule has 0 unspecified atom stereocenters. The second-order valence-electron chi connectivity index (χ2n) is 3.11. The fraction of sp³-hybridized carbons (Fsp3) is 0. The Bertz CT molecular complexity index is 543. The summed E-state index contributed by atoms with van der Waals surface area (Å²) in [5, 5.41) is 2.87. The van der Waals surface area contributed by atoms with Gasteiger partial charge in [-0.05, 0) is 12.1 Å². The predicted molar refractivity (Wildman–Crippen MR) is 63.6 cm³/mol. The lowest BCUT2D eigenvalue weighted by Crippen LogP contribution is -2.15. The van der Waals surface area contributed by atoms with Crippen molar-refractivity contribution < 1.29 is 4.79 Å². The number of nitrogens with two attached hydrogens (primary N) is 1. The number of nitrogen functional groups attached to an aromatic ring is 1. The predicted octanol–water partition coefficient (Wildman–Crippen LogP) is 1.36. The summed E-state index contributed by atoms with van der Waals surface area (Å²) in [6, 6.07) is 3.29. The maximum Gasteiger partial charge on any atom is 0.277 e. The van der Waals surface area contributed by atoms with E-state index in [9.17, 15) is 4.79 Å². The van der Waals surface area contributed by atoms with E-state index in [0.29, 0.717) is 5.02 Å². The normalized spacial score (nSPS) is 9.94. The van der Waals surface area contributed by atoms with Gasteiger partial charge in [-0.3, -0.25) is 4.79 Å². The molecule has 0 aliphatic rings. The highest BCUT2D eigenvalue weighted by molar-refractivity contribution is 6.33. The first-order valence-corrected chi connectivity index (χ1v) is 5.04. The molecule has 0 saturated carbocycles. The first-order chi connectivity index (χ1) is 8.16. The molecule has 2 heterocycles. The summed E-state index contributed by atoms with van der Waals surface area (Å²) in [5.41, 5.74) is 5.50. The standard InChI is InChI=1S/C10H8ClN5O/c11-6-2-1-3-13-9(6)16-10(17)7-4-15-8(12)5-14-7/h1-5H,(H2,12,15)(H,13,16,17). The van der Waals surface area contributed by atoms with Crippen molar-refractivity contribution in [1.29, 1.82) is 0 Å². The molecule has 2 aromatic heterocycles. The molecule has 0 spiro atoms. The van der Waals surface area contributed by atoms with Crippen LogP contribution in [0.5, 0.6) is 0 Å². The van der Waals surface area contributed by atoms with Crippen LogP contribution in [0.2, 0.25) is 5.02 Å². The van der Waals surface area contributed by atoms with E-state index in [-0.39, 0.29) is 17.3 Å². The molecule has 0 bridgehead atoms. The largest absolute Gasteiger partial charge is 0.382 e. The molecule has 2 rings (SSSR count). The van der Waals surface area contributed by atoms with Crippen LogP contribution in [0, 0.1) is 0 Å². The topological polar surface area (TPSA) is 93.8 Å². The van der Waals surface area contributed by atoms with Gasteiger partial charge in [0.15, 0.2) is 5.82 Å². The highest BCUT2D eigenvalue weighted by Crippen LogP contribution is 2.17. The second kappa shape index (κ2) is 4.75. The number of rotatable bonds is 2. The summed E-state index contributed by atoms with van der Waals surface area (Å²) in [4.78, 5) is 23.2. The van der Waals surface area contributed by atoms with Gasteiger partial charge in [-0.2, -0.15) is 0 Å². The lowest BCUT2D eigenvalue weighted by Gasteiger charge is -2.04. The Hall–Kier alpha value is -2.21. The van der Waals surface area contributed by atoms with Crippen molar-refractivity contribution in [3.05, 3.63) is 41.4 Å². The molecule has 0 fully saturated rings. The van der Waals surface area contributed by atoms with Gasteiger partial charge in [-0.15, -0.1) is 0 Å². The van der Waals surface area contributed by atoms with E-state index in [1.54, 1.807) is 12.1 Å². The average molecular weight is 250 g/mol. The van der Waals surface area contributed by atoms with Gasteiger partial charge in [0.25, 0.3) is 5.91 Å². The summed E-state index contributed by atoms with van der Waals surface area (Å²) in [5.74, 6) is 0.0771. The number of aromatic nitrogens is 3. The molecule has 86 valence electrons. The number of pyridine rings is 1. The Kier molecular flexibility index (Phi) is 3.15. The third-order valence-electron chi connectivity index (χ3n) is 1.89. The summed E-state index contributed by atoms with van der Waals surface area (Å²) in [6.07, 6.45) is 4.10. The quantitative estimate of drug-likeness (QED) is 0.838. The third-order valence-corrected chi connectivity index (χ3v) is 2.20. The number of carbonyl (C=O) groups excluding carboxylic acids is 1. The van der Waals surface area contributed by atoms with E-state index in [1.807, 2.05) is 0 Å². The van der Waals surface area contributed by atoms with Crippen LogP contribution in [0.1, 0.15) is 10.5 Å². The minimum atomic E-state index is -0.446. The number of halogens is 1. The van der Waals surface area contributed by atoms with E-state index >= 15 is 0 Å². The van der Waals surface area contributed by atoms with Gasteiger partial charge in [0.05, 0.1) is 17.4 Å². The first-order valence-electron chi connectivity index (χ1n) is 4.66. The molecule has 0 saturated heterocycles. The van der Waals surface area contributed by atoms with Crippen LogP contribution in [0.3, 0.4) is 0 Å². The molecular formula is C10H8ClN5O. The van der Waals surface area contributed by atoms with E-state index in [4.69, 9.17) is 17.3 Å². The molecule has 0 radical (unpaired) electrons. The van der Waals surface area contributed by atoms with Crippen molar-refractivity contribution in [3.8, 4) is 0 Å². The summed E-state index contributed by atoms with van der Waals surface area (Å²) in [7, 11) is 0. The zero-order valence-electron chi connectivity index (χ0n) is 8.59.